The Hall–Kier alpha value is -1.43. The number of alkyl halides is 1. The van der Waals surface area contributed by atoms with E-state index in [0.29, 0.717) is 19.6 Å². The molecule has 2 rings (SSSR count). The number of hydrogen-bond acceptors (Lipinski definition) is 3. The van der Waals surface area contributed by atoms with Gasteiger partial charge in [-0.05, 0) is 20.9 Å². The van der Waals surface area contributed by atoms with E-state index >= 15 is 0 Å². The highest BCUT2D eigenvalue weighted by molar-refractivity contribution is 5.84. The topological polar surface area (TPSA) is 52.2 Å². The van der Waals surface area contributed by atoms with Gasteiger partial charge < -0.3 is 9.88 Å². The number of carbonyl (C=O) groups excluding carboxylic acids is 1. The SMILES string of the molecule is CN1CCN(C(=O)C(C)(C)F)C[C@H]1c1ncc[nH]1. The third kappa shape index (κ3) is 2.53. The minimum absolute atomic E-state index is 0.0000463. The Morgan fingerprint density at radius 1 is 1.56 bits per heavy atom. The molecule has 1 atom stereocenters. The molecule has 0 spiro atoms. The molecule has 100 valence electrons. The fraction of sp³-hybridized carbons (Fsp3) is 0.667. The summed E-state index contributed by atoms with van der Waals surface area (Å²) < 4.78 is 13.7. The normalized spacial score (nSPS) is 22.2. The van der Waals surface area contributed by atoms with Gasteiger partial charge in [0, 0.05) is 32.0 Å². The molecule has 1 aliphatic heterocycles. The molecule has 0 radical (unpaired) electrons. The van der Waals surface area contributed by atoms with Gasteiger partial charge in [-0.25, -0.2) is 9.37 Å². The number of rotatable bonds is 2. The number of amides is 1. The first-order valence-corrected chi connectivity index (χ1v) is 6.07. The average molecular weight is 254 g/mol. The lowest BCUT2D eigenvalue weighted by atomic mass is 10.1. The van der Waals surface area contributed by atoms with Crippen LogP contribution in [0.2, 0.25) is 0 Å². The van der Waals surface area contributed by atoms with Gasteiger partial charge in [0.05, 0.1) is 6.04 Å². The van der Waals surface area contributed by atoms with Gasteiger partial charge in [-0.3, -0.25) is 9.69 Å². The average Bonchev–Trinajstić information content (AvgIpc) is 2.81. The highest BCUT2D eigenvalue weighted by Crippen LogP contribution is 2.23. The van der Waals surface area contributed by atoms with Crippen molar-refractivity contribution in [3.05, 3.63) is 18.2 Å². The number of halogens is 1. The molecule has 1 saturated heterocycles. The summed E-state index contributed by atoms with van der Waals surface area (Å²) in [4.78, 5) is 22.9. The fourth-order valence-corrected chi connectivity index (χ4v) is 2.19. The van der Waals surface area contributed by atoms with E-state index in [1.165, 1.54) is 13.8 Å². The molecule has 5 nitrogen and oxygen atoms in total. The molecule has 1 N–H and O–H groups in total. The van der Waals surface area contributed by atoms with Crippen LogP contribution in [0.5, 0.6) is 0 Å². The van der Waals surface area contributed by atoms with E-state index in [4.69, 9.17) is 0 Å². The number of nitrogens with zero attached hydrogens (tertiary/aromatic N) is 3. The van der Waals surface area contributed by atoms with E-state index in [2.05, 4.69) is 14.9 Å². The summed E-state index contributed by atoms with van der Waals surface area (Å²) in [5.74, 6) is 0.360. The Kier molecular flexibility index (Phi) is 3.38. The smallest absolute Gasteiger partial charge is 0.259 e. The molecule has 1 aliphatic rings. The van der Waals surface area contributed by atoms with Gasteiger partial charge in [-0.15, -0.1) is 0 Å². The van der Waals surface area contributed by atoms with E-state index in [0.717, 1.165) is 5.82 Å². The van der Waals surface area contributed by atoms with E-state index in [9.17, 15) is 9.18 Å². The summed E-state index contributed by atoms with van der Waals surface area (Å²) in [6.07, 6.45) is 3.44. The number of carbonyl (C=O) groups is 1. The van der Waals surface area contributed by atoms with Crippen molar-refractivity contribution >= 4 is 5.91 Å². The maximum absolute atomic E-state index is 13.7. The lowest BCUT2D eigenvalue weighted by molar-refractivity contribution is -0.144. The third-order valence-electron chi connectivity index (χ3n) is 3.28. The summed E-state index contributed by atoms with van der Waals surface area (Å²) >= 11 is 0. The predicted octanol–water partition coefficient (Wildman–Crippen LogP) is 0.973. The van der Waals surface area contributed by atoms with Crippen molar-refractivity contribution < 1.29 is 9.18 Å². The standard InChI is InChI=1S/C12H19FN4O/c1-12(2,13)11(18)17-7-6-16(3)9(8-17)10-14-4-5-15-10/h4-5,9H,6-8H2,1-3H3,(H,14,15)/t9-/m0/s1. The van der Waals surface area contributed by atoms with Crippen LogP contribution in [-0.2, 0) is 4.79 Å². The first-order valence-electron chi connectivity index (χ1n) is 6.07. The van der Waals surface area contributed by atoms with Gasteiger partial charge in [0.2, 0.25) is 0 Å². The fourth-order valence-electron chi connectivity index (χ4n) is 2.19. The Labute approximate surface area is 106 Å². The van der Waals surface area contributed by atoms with Crippen LogP contribution in [0.25, 0.3) is 0 Å². The van der Waals surface area contributed by atoms with E-state index in [1.807, 2.05) is 7.05 Å². The van der Waals surface area contributed by atoms with Crippen molar-refractivity contribution in [2.75, 3.05) is 26.7 Å². The zero-order valence-electron chi connectivity index (χ0n) is 11.0. The van der Waals surface area contributed by atoms with Crippen LogP contribution in [-0.4, -0.2) is 58.0 Å². The van der Waals surface area contributed by atoms with Crippen LogP contribution >= 0.6 is 0 Å². The largest absolute Gasteiger partial charge is 0.347 e. The van der Waals surface area contributed by atoms with Gasteiger partial charge in [0.1, 0.15) is 5.82 Å². The molecule has 1 fully saturated rings. The van der Waals surface area contributed by atoms with Crippen molar-refractivity contribution in [3.63, 3.8) is 0 Å². The molecule has 1 aromatic rings. The number of hydrogen-bond donors (Lipinski definition) is 1. The Morgan fingerprint density at radius 2 is 2.28 bits per heavy atom. The van der Waals surface area contributed by atoms with E-state index < -0.39 is 11.6 Å². The summed E-state index contributed by atoms with van der Waals surface area (Å²) in [6.45, 7) is 4.34. The molecule has 0 aromatic carbocycles. The molecule has 0 saturated carbocycles. The van der Waals surface area contributed by atoms with Crippen LogP contribution in [0.1, 0.15) is 25.7 Å². The van der Waals surface area contributed by atoms with E-state index in [1.54, 1.807) is 17.3 Å². The highest BCUT2D eigenvalue weighted by Gasteiger charge is 2.36. The second-order valence-corrected chi connectivity index (χ2v) is 5.19. The summed E-state index contributed by atoms with van der Waals surface area (Å²) in [7, 11) is 1.98. The molecule has 1 aromatic heterocycles. The highest BCUT2D eigenvalue weighted by atomic mass is 19.1. The molecular formula is C12H19FN4O. The van der Waals surface area contributed by atoms with Gasteiger partial charge in [0.15, 0.2) is 5.67 Å². The molecule has 0 aliphatic carbocycles. The zero-order valence-corrected chi connectivity index (χ0v) is 11.0. The lowest BCUT2D eigenvalue weighted by Crippen LogP contribution is -2.53. The number of aromatic nitrogens is 2. The Morgan fingerprint density at radius 3 is 2.83 bits per heavy atom. The molecule has 0 bridgehead atoms. The van der Waals surface area contributed by atoms with Crippen LogP contribution < -0.4 is 0 Å². The maximum Gasteiger partial charge on any atom is 0.259 e. The minimum Gasteiger partial charge on any atom is -0.347 e. The minimum atomic E-state index is -1.82. The third-order valence-corrected chi connectivity index (χ3v) is 3.28. The first-order chi connectivity index (χ1) is 8.39. The van der Waals surface area contributed by atoms with Gasteiger partial charge >= 0.3 is 0 Å². The number of likely N-dealkylation sites (N-methyl/N-ethyl adjacent to an activating group) is 1. The number of piperazine rings is 1. The molecule has 1 amide bonds. The van der Waals surface area contributed by atoms with Crippen molar-refractivity contribution in [2.45, 2.75) is 25.6 Å². The lowest BCUT2D eigenvalue weighted by Gasteiger charge is -2.39. The zero-order chi connectivity index (χ0) is 13.3. The van der Waals surface area contributed by atoms with Crippen LogP contribution in [0.15, 0.2) is 12.4 Å². The molecular weight excluding hydrogens is 235 g/mol. The first kappa shape index (κ1) is 13.0. The quantitative estimate of drug-likeness (QED) is 0.855. The van der Waals surface area contributed by atoms with Crippen LogP contribution in [0.4, 0.5) is 4.39 Å². The number of aromatic amines is 1. The van der Waals surface area contributed by atoms with Crippen molar-refractivity contribution in [1.29, 1.82) is 0 Å². The molecule has 2 heterocycles. The Balaban J connectivity index is 2.12. The molecule has 0 unspecified atom stereocenters. The number of nitrogens with one attached hydrogen (secondary N) is 1. The monoisotopic (exact) mass is 254 g/mol. The van der Waals surface area contributed by atoms with Crippen molar-refractivity contribution in [2.24, 2.45) is 0 Å². The number of H-pyrrole nitrogens is 1. The molecule has 18 heavy (non-hydrogen) atoms. The second-order valence-electron chi connectivity index (χ2n) is 5.19. The Bertz CT molecular complexity index is 412. The van der Waals surface area contributed by atoms with Crippen molar-refractivity contribution in [3.8, 4) is 0 Å². The number of imidazole rings is 1. The van der Waals surface area contributed by atoms with Gasteiger partial charge in [-0.1, -0.05) is 0 Å². The predicted molar refractivity (Wildman–Crippen MR) is 65.7 cm³/mol. The maximum atomic E-state index is 13.7. The van der Waals surface area contributed by atoms with Gasteiger partial charge in [0.25, 0.3) is 5.91 Å². The van der Waals surface area contributed by atoms with Crippen LogP contribution in [0.3, 0.4) is 0 Å². The molecule has 6 heteroatoms. The summed E-state index contributed by atoms with van der Waals surface area (Å²) in [5.41, 5.74) is -1.82. The van der Waals surface area contributed by atoms with Crippen LogP contribution in [0, 0.1) is 0 Å². The summed E-state index contributed by atoms with van der Waals surface area (Å²) in [6, 6.07) is 0.0000463. The second kappa shape index (κ2) is 4.68. The summed E-state index contributed by atoms with van der Waals surface area (Å²) in [5, 5.41) is 0. The van der Waals surface area contributed by atoms with Crippen molar-refractivity contribution in [1.82, 2.24) is 19.8 Å². The van der Waals surface area contributed by atoms with E-state index in [-0.39, 0.29) is 6.04 Å². The van der Waals surface area contributed by atoms with Gasteiger partial charge in [-0.2, -0.15) is 0 Å².